The Bertz CT molecular complexity index is 471. The zero-order chi connectivity index (χ0) is 16.8. The van der Waals surface area contributed by atoms with Gasteiger partial charge in [-0.25, -0.2) is 4.79 Å². The fourth-order valence-electron chi connectivity index (χ4n) is 1.57. The van der Waals surface area contributed by atoms with Crippen LogP contribution in [0.2, 0.25) is 0 Å². The van der Waals surface area contributed by atoms with E-state index in [9.17, 15) is 9.59 Å². The number of hydrogen-bond donors (Lipinski definition) is 0. The van der Waals surface area contributed by atoms with Crippen molar-refractivity contribution in [1.29, 1.82) is 0 Å². The summed E-state index contributed by atoms with van der Waals surface area (Å²) < 4.78 is 20.5. The minimum Gasteiger partial charge on any atom is -0.457 e. The largest absolute Gasteiger partial charge is 0.457 e. The molecule has 0 spiro atoms. The van der Waals surface area contributed by atoms with E-state index in [2.05, 4.69) is 6.58 Å². The van der Waals surface area contributed by atoms with E-state index < -0.39 is 11.8 Å². The lowest BCUT2D eigenvalue weighted by atomic mass is 10.1. The van der Waals surface area contributed by atoms with Crippen molar-refractivity contribution in [3.63, 3.8) is 0 Å². The zero-order valence-corrected chi connectivity index (χ0v) is 13.1. The first-order valence-corrected chi connectivity index (χ1v) is 7.36. The van der Waals surface area contributed by atoms with Crippen LogP contribution >= 0.6 is 0 Å². The molecule has 0 saturated carbocycles. The summed E-state index contributed by atoms with van der Waals surface area (Å²) in [6.07, 6.45) is 1.67. The van der Waals surface area contributed by atoms with E-state index in [4.69, 9.17) is 18.9 Å². The van der Waals surface area contributed by atoms with Crippen LogP contribution in [0.3, 0.4) is 0 Å². The SMILES string of the molecule is C=CCOCCOCCOCCOC(=O)C(=O)c1ccccc1. The Kier molecular flexibility index (Phi) is 10.4. The summed E-state index contributed by atoms with van der Waals surface area (Å²) >= 11 is 0. The smallest absolute Gasteiger partial charge is 0.379 e. The molecule has 6 nitrogen and oxygen atoms in total. The molecule has 1 rings (SSSR count). The molecule has 0 aliphatic heterocycles. The van der Waals surface area contributed by atoms with Crippen LogP contribution < -0.4 is 0 Å². The Morgan fingerprint density at radius 1 is 0.870 bits per heavy atom. The number of benzene rings is 1. The molecule has 0 heterocycles. The van der Waals surface area contributed by atoms with E-state index in [0.29, 0.717) is 38.6 Å². The van der Waals surface area contributed by atoms with E-state index in [1.807, 2.05) is 0 Å². The Morgan fingerprint density at radius 3 is 2.04 bits per heavy atom. The van der Waals surface area contributed by atoms with Crippen molar-refractivity contribution in [2.45, 2.75) is 0 Å². The van der Waals surface area contributed by atoms with Gasteiger partial charge in [-0.05, 0) is 0 Å². The normalized spacial score (nSPS) is 10.3. The third-order valence-electron chi connectivity index (χ3n) is 2.66. The van der Waals surface area contributed by atoms with Gasteiger partial charge in [0.2, 0.25) is 0 Å². The highest BCUT2D eigenvalue weighted by molar-refractivity contribution is 6.40. The van der Waals surface area contributed by atoms with Crippen LogP contribution in [0.1, 0.15) is 10.4 Å². The molecule has 0 fully saturated rings. The molecule has 0 unspecified atom stereocenters. The van der Waals surface area contributed by atoms with Gasteiger partial charge in [-0.2, -0.15) is 0 Å². The summed E-state index contributed by atoms with van der Waals surface area (Å²) in [5, 5.41) is 0. The summed E-state index contributed by atoms with van der Waals surface area (Å²) in [7, 11) is 0. The summed E-state index contributed by atoms with van der Waals surface area (Å²) in [6, 6.07) is 8.27. The highest BCUT2D eigenvalue weighted by Gasteiger charge is 2.16. The molecule has 0 N–H and O–H groups in total. The molecule has 1 aromatic carbocycles. The van der Waals surface area contributed by atoms with Gasteiger partial charge in [-0.3, -0.25) is 4.79 Å². The van der Waals surface area contributed by atoms with Crippen LogP contribution in [0.4, 0.5) is 0 Å². The number of carbonyl (C=O) groups is 2. The quantitative estimate of drug-likeness (QED) is 0.181. The molecule has 0 bridgehead atoms. The van der Waals surface area contributed by atoms with Crippen molar-refractivity contribution in [2.75, 3.05) is 46.2 Å². The van der Waals surface area contributed by atoms with Gasteiger partial charge < -0.3 is 18.9 Å². The Balaban J connectivity index is 1.97. The maximum atomic E-state index is 11.7. The highest BCUT2D eigenvalue weighted by atomic mass is 16.6. The first-order chi connectivity index (χ1) is 11.3. The Labute approximate surface area is 136 Å². The maximum Gasteiger partial charge on any atom is 0.379 e. The topological polar surface area (TPSA) is 71.1 Å². The Hall–Kier alpha value is -2.02. The third kappa shape index (κ3) is 8.87. The van der Waals surface area contributed by atoms with Crippen molar-refractivity contribution >= 4 is 11.8 Å². The summed E-state index contributed by atoms with van der Waals surface area (Å²) in [5.74, 6) is -1.54. The standard InChI is InChI=1S/C17H22O6/c1-2-8-20-9-10-21-11-12-22-13-14-23-17(19)16(18)15-6-4-3-5-7-15/h2-7H,1,8-14H2. The number of esters is 1. The number of carbonyl (C=O) groups excluding carboxylic acids is 2. The number of hydrogen-bond acceptors (Lipinski definition) is 6. The van der Waals surface area contributed by atoms with Gasteiger partial charge in [0.15, 0.2) is 0 Å². The summed E-state index contributed by atoms with van der Waals surface area (Å²) in [6.45, 7) is 6.08. The second-order valence-electron chi connectivity index (χ2n) is 4.42. The van der Waals surface area contributed by atoms with Crippen molar-refractivity contribution < 1.29 is 28.5 Å². The molecule has 0 saturated heterocycles. The molecule has 23 heavy (non-hydrogen) atoms. The van der Waals surface area contributed by atoms with Crippen LogP contribution in [0, 0.1) is 0 Å². The molecule has 126 valence electrons. The van der Waals surface area contributed by atoms with Gasteiger partial charge >= 0.3 is 5.97 Å². The number of Topliss-reactive ketones (excluding diaryl/α,β-unsaturated/α-hetero) is 1. The van der Waals surface area contributed by atoms with Crippen molar-refractivity contribution in [3.8, 4) is 0 Å². The van der Waals surface area contributed by atoms with E-state index in [1.165, 1.54) is 0 Å². The first kappa shape index (κ1) is 19.0. The minimum atomic E-state index is -0.879. The number of ketones is 1. The van der Waals surface area contributed by atoms with Crippen LogP contribution in [-0.2, 0) is 23.7 Å². The molecular formula is C17H22O6. The highest BCUT2D eigenvalue weighted by Crippen LogP contribution is 2.01. The second-order valence-corrected chi connectivity index (χ2v) is 4.42. The molecule has 0 aromatic heterocycles. The van der Waals surface area contributed by atoms with Gasteiger partial charge in [0.05, 0.1) is 39.6 Å². The summed E-state index contributed by atoms with van der Waals surface area (Å²) in [4.78, 5) is 23.2. The average molecular weight is 322 g/mol. The molecule has 1 aromatic rings. The fraction of sp³-hybridized carbons (Fsp3) is 0.412. The predicted molar refractivity (Wildman–Crippen MR) is 84.4 cm³/mol. The van der Waals surface area contributed by atoms with Crippen molar-refractivity contribution in [3.05, 3.63) is 48.6 Å². The van der Waals surface area contributed by atoms with E-state index in [0.717, 1.165) is 0 Å². The molecule has 0 atom stereocenters. The lowest BCUT2D eigenvalue weighted by molar-refractivity contribution is -0.139. The van der Waals surface area contributed by atoms with E-state index >= 15 is 0 Å². The first-order valence-electron chi connectivity index (χ1n) is 7.36. The minimum absolute atomic E-state index is 0.0276. The van der Waals surface area contributed by atoms with Crippen LogP contribution in [0.5, 0.6) is 0 Å². The van der Waals surface area contributed by atoms with E-state index in [-0.39, 0.29) is 13.2 Å². The molecule has 0 amide bonds. The van der Waals surface area contributed by atoms with Gasteiger partial charge in [-0.15, -0.1) is 6.58 Å². The Morgan fingerprint density at radius 2 is 1.43 bits per heavy atom. The van der Waals surface area contributed by atoms with Gasteiger partial charge in [0, 0.05) is 5.56 Å². The van der Waals surface area contributed by atoms with Crippen molar-refractivity contribution in [2.24, 2.45) is 0 Å². The van der Waals surface area contributed by atoms with Crippen molar-refractivity contribution in [1.82, 2.24) is 0 Å². The third-order valence-corrected chi connectivity index (χ3v) is 2.66. The molecular weight excluding hydrogens is 300 g/mol. The summed E-state index contributed by atoms with van der Waals surface area (Å²) in [5.41, 5.74) is 0.311. The van der Waals surface area contributed by atoms with Gasteiger partial charge in [0.1, 0.15) is 6.61 Å². The second kappa shape index (κ2) is 12.5. The monoisotopic (exact) mass is 322 g/mol. The van der Waals surface area contributed by atoms with Gasteiger partial charge in [-0.1, -0.05) is 36.4 Å². The van der Waals surface area contributed by atoms with Crippen LogP contribution in [-0.4, -0.2) is 58.0 Å². The van der Waals surface area contributed by atoms with Crippen LogP contribution in [0.15, 0.2) is 43.0 Å². The van der Waals surface area contributed by atoms with Gasteiger partial charge in [0.25, 0.3) is 5.78 Å². The molecule has 0 radical (unpaired) electrons. The van der Waals surface area contributed by atoms with E-state index in [1.54, 1.807) is 36.4 Å². The van der Waals surface area contributed by atoms with Crippen LogP contribution in [0.25, 0.3) is 0 Å². The maximum absolute atomic E-state index is 11.7. The predicted octanol–water partition coefficient (Wildman–Crippen LogP) is 1.65. The number of rotatable bonds is 13. The molecule has 0 aliphatic rings. The fourth-order valence-corrected chi connectivity index (χ4v) is 1.57. The average Bonchev–Trinajstić information content (AvgIpc) is 2.59. The zero-order valence-electron chi connectivity index (χ0n) is 13.1. The lowest BCUT2D eigenvalue weighted by Gasteiger charge is -2.07. The molecule has 6 heteroatoms. The lowest BCUT2D eigenvalue weighted by Crippen LogP contribution is -2.20. The number of ether oxygens (including phenoxy) is 4. The molecule has 0 aliphatic carbocycles.